The Labute approximate surface area is 169 Å². The van der Waals surface area contributed by atoms with Crippen LogP contribution in [0.5, 0.6) is 5.75 Å². The molecule has 1 atom stereocenters. The number of carbonyl (C=O) groups is 2. The van der Waals surface area contributed by atoms with Gasteiger partial charge < -0.3 is 10.1 Å². The summed E-state index contributed by atoms with van der Waals surface area (Å²) < 4.78 is 5.10. The molecule has 0 unspecified atom stereocenters. The predicted molar refractivity (Wildman–Crippen MR) is 113 cm³/mol. The highest BCUT2D eigenvalue weighted by Crippen LogP contribution is 2.17. The molecule has 0 bridgehead atoms. The minimum Gasteiger partial charge on any atom is -0.497 e. The molecule has 0 fully saturated rings. The quantitative estimate of drug-likeness (QED) is 0.539. The average molecular weight is 389 g/mol. The second-order valence-corrected chi connectivity index (χ2v) is 6.53. The molecule has 6 nitrogen and oxygen atoms in total. The Hall–Kier alpha value is -3.64. The van der Waals surface area contributed by atoms with Crippen LogP contribution in [-0.4, -0.2) is 18.9 Å². The number of ether oxygens (including phenoxy) is 1. The van der Waals surface area contributed by atoms with E-state index < -0.39 is 6.04 Å². The number of hydrazine groups is 1. The summed E-state index contributed by atoms with van der Waals surface area (Å²) in [5, 5.41) is 2.88. The number of aryl methyl sites for hydroxylation is 1. The zero-order valence-electron chi connectivity index (χ0n) is 16.3. The number of rotatable bonds is 7. The summed E-state index contributed by atoms with van der Waals surface area (Å²) in [5.74, 6) is 0.0287. The van der Waals surface area contributed by atoms with Crippen molar-refractivity contribution in [2.45, 2.75) is 13.0 Å². The van der Waals surface area contributed by atoms with Crippen LogP contribution in [0.15, 0.2) is 78.9 Å². The van der Waals surface area contributed by atoms with Crippen molar-refractivity contribution < 1.29 is 14.3 Å². The van der Waals surface area contributed by atoms with Crippen LogP contribution in [-0.2, 0) is 4.79 Å². The molecular weight excluding hydrogens is 366 g/mol. The largest absolute Gasteiger partial charge is 0.497 e. The summed E-state index contributed by atoms with van der Waals surface area (Å²) >= 11 is 0. The number of nitrogens with one attached hydrogen (secondary N) is 3. The van der Waals surface area contributed by atoms with Crippen LogP contribution < -0.4 is 20.9 Å². The Kier molecular flexibility index (Phi) is 6.60. The molecule has 0 saturated carbocycles. The zero-order chi connectivity index (χ0) is 20.6. The molecule has 0 saturated heterocycles. The highest BCUT2D eigenvalue weighted by molar-refractivity contribution is 5.97. The van der Waals surface area contributed by atoms with E-state index in [0.717, 1.165) is 11.1 Å². The van der Waals surface area contributed by atoms with E-state index in [2.05, 4.69) is 16.2 Å². The van der Waals surface area contributed by atoms with Gasteiger partial charge in [0.25, 0.3) is 5.91 Å². The second-order valence-electron chi connectivity index (χ2n) is 6.53. The number of hydrogen-bond donors (Lipinski definition) is 3. The van der Waals surface area contributed by atoms with Gasteiger partial charge in [-0.05, 0) is 48.9 Å². The Morgan fingerprint density at radius 1 is 0.862 bits per heavy atom. The first-order valence-electron chi connectivity index (χ1n) is 9.19. The highest BCUT2D eigenvalue weighted by Gasteiger charge is 2.21. The lowest BCUT2D eigenvalue weighted by Crippen LogP contribution is -2.44. The lowest BCUT2D eigenvalue weighted by molar-refractivity contribution is -0.118. The van der Waals surface area contributed by atoms with E-state index in [1.807, 2.05) is 61.5 Å². The van der Waals surface area contributed by atoms with E-state index in [1.165, 1.54) is 0 Å². The van der Waals surface area contributed by atoms with E-state index in [4.69, 9.17) is 4.74 Å². The minimum atomic E-state index is -0.764. The molecular formula is C23H23N3O3. The third-order valence-corrected chi connectivity index (χ3v) is 4.40. The SMILES string of the molecule is COc1ccc(C(=O)NN[C@@H](C(=O)Nc2ccc(C)cc2)c2ccccc2)cc1. The van der Waals surface area contributed by atoms with Crippen molar-refractivity contribution >= 4 is 17.5 Å². The lowest BCUT2D eigenvalue weighted by Gasteiger charge is -2.19. The summed E-state index contributed by atoms with van der Waals surface area (Å²) in [5.41, 5.74) is 8.44. The van der Waals surface area contributed by atoms with Gasteiger partial charge in [0.05, 0.1) is 7.11 Å². The molecule has 148 valence electrons. The van der Waals surface area contributed by atoms with Gasteiger partial charge in [-0.2, -0.15) is 0 Å². The topological polar surface area (TPSA) is 79.5 Å². The van der Waals surface area contributed by atoms with Crippen molar-refractivity contribution in [1.82, 2.24) is 10.9 Å². The van der Waals surface area contributed by atoms with Crippen molar-refractivity contribution in [1.29, 1.82) is 0 Å². The van der Waals surface area contributed by atoms with Gasteiger partial charge in [0, 0.05) is 11.3 Å². The number of carbonyl (C=O) groups excluding carboxylic acids is 2. The molecule has 6 heteroatoms. The van der Waals surface area contributed by atoms with Crippen molar-refractivity contribution in [2.24, 2.45) is 0 Å². The molecule has 0 aliphatic heterocycles. The average Bonchev–Trinajstić information content (AvgIpc) is 2.76. The molecule has 0 spiro atoms. The van der Waals surface area contributed by atoms with Gasteiger partial charge >= 0.3 is 0 Å². The van der Waals surface area contributed by atoms with Crippen molar-refractivity contribution in [2.75, 3.05) is 12.4 Å². The second kappa shape index (κ2) is 9.52. The normalized spacial score (nSPS) is 11.4. The highest BCUT2D eigenvalue weighted by atomic mass is 16.5. The van der Waals surface area contributed by atoms with Gasteiger partial charge in [-0.15, -0.1) is 0 Å². The van der Waals surface area contributed by atoms with Gasteiger partial charge in [0.2, 0.25) is 5.91 Å². The van der Waals surface area contributed by atoms with E-state index in [1.54, 1.807) is 31.4 Å². The zero-order valence-corrected chi connectivity index (χ0v) is 16.3. The van der Waals surface area contributed by atoms with Crippen molar-refractivity contribution in [3.63, 3.8) is 0 Å². The van der Waals surface area contributed by atoms with Crippen molar-refractivity contribution in [3.05, 3.63) is 95.6 Å². The van der Waals surface area contributed by atoms with Gasteiger partial charge in [0.1, 0.15) is 11.8 Å². The number of amides is 2. The van der Waals surface area contributed by atoms with Gasteiger partial charge in [-0.3, -0.25) is 15.0 Å². The molecule has 0 aliphatic rings. The fraction of sp³-hybridized carbons (Fsp3) is 0.130. The molecule has 0 aromatic heterocycles. The third kappa shape index (κ3) is 5.43. The Balaban J connectivity index is 1.72. The van der Waals surface area contributed by atoms with Crippen LogP contribution in [0.4, 0.5) is 5.69 Å². The standard InChI is InChI=1S/C23H23N3O3/c1-16-8-12-19(13-9-16)24-23(28)21(17-6-4-3-5-7-17)25-26-22(27)18-10-14-20(29-2)15-11-18/h3-15,21,25H,1-2H3,(H,24,28)(H,26,27)/t21-/m1/s1. The number of anilines is 1. The van der Waals surface area contributed by atoms with Crippen molar-refractivity contribution in [3.8, 4) is 5.75 Å². The van der Waals surface area contributed by atoms with E-state index in [9.17, 15) is 9.59 Å². The fourth-order valence-corrected chi connectivity index (χ4v) is 2.75. The molecule has 3 N–H and O–H groups in total. The summed E-state index contributed by atoms with van der Waals surface area (Å²) in [4.78, 5) is 25.3. The van der Waals surface area contributed by atoms with Gasteiger partial charge in [0.15, 0.2) is 0 Å². The Morgan fingerprint density at radius 2 is 1.52 bits per heavy atom. The van der Waals surface area contributed by atoms with Crippen LogP contribution in [0.2, 0.25) is 0 Å². The van der Waals surface area contributed by atoms with E-state index >= 15 is 0 Å². The summed E-state index contributed by atoms with van der Waals surface area (Å²) in [6.45, 7) is 1.98. The summed E-state index contributed by atoms with van der Waals surface area (Å²) in [7, 11) is 1.56. The molecule has 0 heterocycles. The van der Waals surface area contributed by atoms with Gasteiger partial charge in [-0.25, -0.2) is 5.43 Å². The molecule has 2 amide bonds. The third-order valence-electron chi connectivity index (χ3n) is 4.40. The maximum Gasteiger partial charge on any atom is 0.265 e. The molecule has 3 rings (SSSR count). The smallest absolute Gasteiger partial charge is 0.265 e. The first kappa shape index (κ1) is 20.1. The maximum absolute atomic E-state index is 12.9. The number of benzene rings is 3. The Morgan fingerprint density at radius 3 is 2.14 bits per heavy atom. The predicted octanol–water partition coefficient (Wildman–Crippen LogP) is 3.62. The fourth-order valence-electron chi connectivity index (χ4n) is 2.75. The molecule has 29 heavy (non-hydrogen) atoms. The lowest BCUT2D eigenvalue weighted by atomic mass is 10.1. The van der Waals surface area contributed by atoms with E-state index in [-0.39, 0.29) is 11.8 Å². The molecule has 3 aromatic rings. The van der Waals surface area contributed by atoms with Crippen LogP contribution >= 0.6 is 0 Å². The summed E-state index contributed by atoms with van der Waals surface area (Å²) in [6.07, 6.45) is 0. The first-order valence-corrected chi connectivity index (χ1v) is 9.19. The molecule has 0 radical (unpaired) electrons. The first-order chi connectivity index (χ1) is 14.1. The van der Waals surface area contributed by atoms with Crippen LogP contribution in [0.25, 0.3) is 0 Å². The van der Waals surface area contributed by atoms with Crippen LogP contribution in [0, 0.1) is 6.92 Å². The Bertz CT molecular complexity index is 955. The number of methoxy groups -OCH3 is 1. The molecule has 3 aromatic carbocycles. The summed E-state index contributed by atoms with van der Waals surface area (Å²) in [6, 6.07) is 22.7. The van der Waals surface area contributed by atoms with E-state index in [0.29, 0.717) is 17.0 Å². The van der Waals surface area contributed by atoms with Gasteiger partial charge in [-0.1, -0.05) is 48.0 Å². The maximum atomic E-state index is 12.9. The number of hydrogen-bond acceptors (Lipinski definition) is 4. The molecule has 0 aliphatic carbocycles. The van der Waals surface area contributed by atoms with Crippen LogP contribution in [0.3, 0.4) is 0 Å². The monoisotopic (exact) mass is 389 g/mol. The van der Waals surface area contributed by atoms with Crippen LogP contribution in [0.1, 0.15) is 27.5 Å². The minimum absolute atomic E-state index is 0.282.